The third-order valence-electron chi connectivity index (χ3n) is 7.93. The Balaban J connectivity index is 0.000000190. The van der Waals surface area contributed by atoms with Crippen LogP contribution in [0.4, 0.5) is 12.9 Å². The molecule has 2 fully saturated rings. The van der Waals surface area contributed by atoms with E-state index in [-0.39, 0.29) is 23.4 Å². The first-order valence-electron chi connectivity index (χ1n) is 13.7. The summed E-state index contributed by atoms with van der Waals surface area (Å²) in [6.45, 7) is 0. The van der Waals surface area contributed by atoms with E-state index < -0.39 is 7.54 Å². The van der Waals surface area contributed by atoms with Crippen LogP contribution in [-0.2, 0) is 9.59 Å². The standard InChI is InChI=1S/C15H15BrO2.C14H13BrO2.C2H6S.BF3/c1-18-10-7-5-9(6-8-10)13-11-3-2-4-12(11)15(17)14(13)16;15-13-12(8-4-6-9(16)7-5-8)10-2-1-3-11(10)14(13)17;1-3-2;2-1(3)4/h5-8,11-12H,2-4H2,1H3;4-7,10-11,16H,1-3H2;1-2H3;. The van der Waals surface area contributed by atoms with Crippen LogP contribution >= 0.6 is 43.6 Å². The van der Waals surface area contributed by atoms with Crippen LogP contribution in [0.15, 0.2) is 57.5 Å². The summed E-state index contributed by atoms with van der Waals surface area (Å²) in [7, 11) is -2.00. The third-order valence-corrected chi connectivity index (χ3v) is 9.57. The molecule has 1 N–H and O–H groups in total. The van der Waals surface area contributed by atoms with Crippen molar-refractivity contribution in [2.45, 2.75) is 38.5 Å². The number of benzene rings is 2. The van der Waals surface area contributed by atoms with E-state index in [9.17, 15) is 27.6 Å². The van der Waals surface area contributed by atoms with Crippen molar-refractivity contribution >= 4 is 73.9 Å². The number of thioether (sulfide) groups is 1. The highest BCUT2D eigenvalue weighted by Gasteiger charge is 2.44. The van der Waals surface area contributed by atoms with Gasteiger partial charge >= 0.3 is 7.54 Å². The molecule has 0 amide bonds. The number of hydrogen-bond acceptors (Lipinski definition) is 5. The van der Waals surface area contributed by atoms with Crippen molar-refractivity contribution in [1.82, 2.24) is 0 Å². The smallest absolute Gasteiger partial charge is 0.508 e. The Morgan fingerprint density at radius 3 is 1.43 bits per heavy atom. The first-order valence-corrected chi connectivity index (χ1v) is 16.9. The molecule has 0 bridgehead atoms. The fourth-order valence-corrected chi connectivity index (χ4v) is 7.88. The molecule has 42 heavy (non-hydrogen) atoms. The normalized spacial score (nSPS) is 23.7. The summed E-state index contributed by atoms with van der Waals surface area (Å²) in [5.74, 6) is 2.87. The van der Waals surface area contributed by atoms with Crippen LogP contribution in [0, 0.1) is 23.7 Å². The molecule has 0 aromatic heterocycles. The van der Waals surface area contributed by atoms with Gasteiger partial charge in [0.15, 0.2) is 11.6 Å². The molecule has 0 radical (unpaired) electrons. The van der Waals surface area contributed by atoms with E-state index in [4.69, 9.17) is 4.74 Å². The van der Waals surface area contributed by atoms with E-state index in [1.165, 1.54) is 12.0 Å². The molecule has 2 saturated carbocycles. The van der Waals surface area contributed by atoms with Gasteiger partial charge in [-0.3, -0.25) is 22.5 Å². The monoisotopic (exact) mass is 728 g/mol. The number of hydrogen-bond donors (Lipinski definition) is 1. The summed E-state index contributed by atoms with van der Waals surface area (Å²) >= 11 is 8.70. The lowest BCUT2D eigenvalue weighted by Gasteiger charge is -2.13. The van der Waals surface area contributed by atoms with Crippen molar-refractivity contribution in [2.24, 2.45) is 23.7 Å². The van der Waals surface area contributed by atoms with E-state index in [2.05, 4.69) is 31.9 Å². The lowest BCUT2D eigenvalue weighted by molar-refractivity contribution is -0.118. The molecule has 226 valence electrons. The quantitative estimate of drug-likeness (QED) is 0.320. The predicted octanol–water partition coefficient (Wildman–Crippen LogP) is 9.16. The zero-order valence-electron chi connectivity index (χ0n) is 23.7. The predicted molar refractivity (Wildman–Crippen MR) is 173 cm³/mol. The summed E-state index contributed by atoms with van der Waals surface area (Å²) in [5.41, 5.74) is 4.53. The Kier molecular flexibility index (Phi) is 13.3. The number of allylic oxidation sites excluding steroid dienone is 4. The second-order valence-corrected chi connectivity index (χ2v) is 12.8. The van der Waals surface area contributed by atoms with Gasteiger partial charge in [-0.1, -0.05) is 37.1 Å². The van der Waals surface area contributed by atoms with Crippen LogP contribution in [0.5, 0.6) is 11.5 Å². The molecule has 0 saturated heterocycles. The number of fused-ring (bicyclic) bond motifs is 2. The number of carbonyl (C=O) groups is 2. The molecule has 0 spiro atoms. The van der Waals surface area contributed by atoms with Crippen molar-refractivity contribution in [3.63, 3.8) is 0 Å². The highest BCUT2D eigenvalue weighted by molar-refractivity contribution is 9.12. The lowest BCUT2D eigenvalue weighted by atomic mass is 9.90. The molecule has 4 nitrogen and oxygen atoms in total. The maximum absolute atomic E-state index is 12.2. The zero-order valence-corrected chi connectivity index (χ0v) is 27.7. The molecular formula is C31H34BBr2F3O4S. The van der Waals surface area contributed by atoms with Gasteiger partial charge in [-0.15, -0.1) is 0 Å². The van der Waals surface area contributed by atoms with Crippen LogP contribution in [0.2, 0.25) is 0 Å². The fraction of sp³-hybridized carbons (Fsp3) is 0.419. The minimum Gasteiger partial charge on any atom is -0.508 e. The summed E-state index contributed by atoms with van der Waals surface area (Å²) < 4.78 is 35.7. The molecule has 2 aromatic rings. The molecule has 0 aliphatic heterocycles. The Labute approximate surface area is 267 Å². The van der Waals surface area contributed by atoms with Crippen LogP contribution < -0.4 is 4.74 Å². The van der Waals surface area contributed by atoms with Gasteiger partial charge in [0, 0.05) is 11.8 Å². The Hall–Kier alpha value is -1.98. The Bertz CT molecular complexity index is 1300. The number of halogens is 5. The highest BCUT2D eigenvalue weighted by Crippen LogP contribution is 2.52. The van der Waals surface area contributed by atoms with Crippen LogP contribution in [0.25, 0.3) is 11.1 Å². The zero-order chi connectivity index (χ0) is 31.0. The minimum atomic E-state index is -3.67. The number of methoxy groups -OCH3 is 1. The molecule has 11 heteroatoms. The van der Waals surface area contributed by atoms with Gasteiger partial charge < -0.3 is 9.84 Å². The van der Waals surface area contributed by atoms with Crippen molar-refractivity contribution in [3.05, 3.63) is 68.6 Å². The van der Waals surface area contributed by atoms with E-state index in [1.807, 2.05) is 48.9 Å². The van der Waals surface area contributed by atoms with Crippen LogP contribution in [-0.4, -0.2) is 43.8 Å². The van der Waals surface area contributed by atoms with Gasteiger partial charge in [-0.2, -0.15) is 11.8 Å². The number of phenols is 1. The van der Waals surface area contributed by atoms with Crippen LogP contribution in [0.1, 0.15) is 49.7 Å². The first kappa shape index (κ1) is 34.5. The van der Waals surface area contributed by atoms with Crippen molar-refractivity contribution in [3.8, 4) is 11.5 Å². The second kappa shape index (κ2) is 16.2. The van der Waals surface area contributed by atoms with Gasteiger partial charge in [-0.25, -0.2) is 0 Å². The average Bonchev–Trinajstić information content (AvgIpc) is 3.72. The Morgan fingerprint density at radius 1 is 0.738 bits per heavy atom. The summed E-state index contributed by atoms with van der Waals surface area (Å²) in [4.78, 5) is 24.2. The van der Waals surface area contributed by atoms with E-state index >= 15 is 0 Å². The minimum absolute atomic E-state index is 0.188. The number of Topliss-reactive ketones (excluding diaryl/α,β-unsaturated/α-hetero) is 2. The first-order chi connectivity index (χ1) is 20.0. The van der Waals surface area contributed by atoms with Crippen LogP contribution in [0.3, 0.4) is 0 Å². The number of ether oxygens (including phenoxy) is 1. The number of carbonyl (C=O) groups excluding carboxylic acids is 2. The number of aromatic hydroxyl groups is 1. The topological polar surface area (TPSA) is 63.6 Å². The van der Waals surface area contributed by atoms with E-state index in [0.717, 1.165) is 63.5 Å². The number of rotatable bonds is 3. The second-order valence-electron chi connectivity index (χ2n) is 10.4. The van der Waals surface area contributed by atoms with Gasteiger partial charge in [0.25, 0.3) is 0 Å². The molecule has 4 aliphatic carbocycles. The fourth-order valence-electron chi connectivity index (χ4n) is 6.25. The molecule has 4 aliphatic rings. The number of ketones is 2. The van der Waals surface area contributed by atoms with Crippen molar-refractivity contribution in [2.75, 3.05) is 19.6 Å². The van der Waals surface area contributed by atoms with Crippen molar-refractivity contribution in [1.29, 1.82) is 0 Å². The van der Waals surface area contributed by atoms with Gasteiger partial charge in [0.1, 0.15) is 11.5 Å². The number of phenolic OH excluding ortho intramolecular Hbond substituents is 1. The summed E-state index contributed by atoms with van der Waals surface area (Å²) in [5, 5.41) is 9.31. The summed E-state index contributed by atoms with van der Waals surface area (Å²) in [6.07, 6.45) is 10.7. The molecule has 4 unspecified atom stereocenters. The maximum Gasteiger partial charge on any atom is 0.762 e. The van der Waals surface area contributed by atoms with Crippen molar-refractivity contribution < 1.29 is 32.4 Å². The van der Waals surface area contributed by atoms with Gasteiger partial charge in [0.05, 0.1) is 16.1 Å². The molecule has 6 rings (SSSR count). The third kappa shape index (κ3) is 8.14. The SMILES string of the molecule is COc1ccc(C2=C(Br)C(=O)C3CCCC23)cc1.CSC.FB(F)F.O=C1C(Br)=C(c2ccc(O)cc2)C2CCCC12. The molecular weight excluding hydrogens is 696 g/mol. The van der Waals surface area contributed by atoms with Gasteiger partial charge in [0.2, 0.25) is 0 Å². The maximum atomic E-state index is 12.2. The lowest BCUT2D eigenvalue weighted by Crippen LogP contribution is -2.10. The van der Waals surface area contributed by atoms with E-state index in [1.54, 1.807) is 31.0 Å². The molecule has 2 aromatic carbocycles. The Morgan fingerprint density at radius 2 is 1.07 bits per heavy atom. The van der Waals surface area contributed by atoms with E-state index in [0.29, 0.717) is 17.6 Å². The molecule has 0 heterocycles. The largest absolute Gasteiger partial charge is 0.762 e. The average molecular weight is 730 g/mol. The highest BCUT2D eigenvalue weighted by atomic mass is 79.9. The molecule has 4 atom stereocenters. The van der Waals surface area contributed by atoms with Gasteiger partial charge in [-0.05, 0) is 128 Å². The summed E-state index contributed by atoms with van der Waals surface area (Å²) in [6, 6.07) is 15.1.